The minimum Gasteiger partial charge on any atom is -0.281 e. The normalized spacial score (nSPS) is 12.4. The molecule has 0 aromatic heterocycles. The highest BCUT2D eigenvalue weighted by molar-refractivity contribution is 5.09. The van der Waals surface area contributed by atoms with Gasteiger partial charge in [-0.25, -0.2) is 0 Å². The lowest BCUT2D eigenvalue weighted by atomic mass is 9.98. The van der Waals surface area contributed by atoms with Crippen molar-refractivity contribution in [3.05, 3.63) is 18.1 Å². The molecule has 0 aliphatic heterocycles. The van der Waals surface area contributed by atoms with Crippen LogP contribution in [0, 0.1) is 18.1 Å². The number of rotatable bonds is 9. The molecule has 0 fully saturated rings. The fourth-order valence-corrected chi connectivity index (χ4v) is 2.37. The zero-order valence-electron chi connectivity index (χ0n) is 12.2. The zero-order valence-corrected chi connectivity index (χ0v) is 12.2. The first-order chi connectivity index (χ1) is 7.69. The van der Waals surface area contributed by atoms with Gasteiger partial charge in [0.15, 0.2) is 0 Å². The van der Waals surface area contributed by atoms with Crippen LogP contribution in [0.3, 0.4) is 0 Å². The summed E-state index contributed by atoms with van der Waals surface area (Å²) >= 11 is 0. The van der Waals surface area contributed by atoms with Gasteiger partial charge in [-0.1, -0.05) is 41.5 Å². The van der Waals surface area contributed by atoms with Crippen LogP contribution in [0.15, 0.2) is 0 Å². The topological polar surface area (TPSA) is 3.24 Å². The molecule has 1 heteroatoms. The minimum atomic E-state index is 1.17. The summed E-state index contributed by atoms with van der Waals surface area (Å²) in [5, 5.41) is 0. The lowest BCUT2D eigenvalue weighted by Gasteiger charge is -2.40. The lowest BCUT2D eigenvalue weighted by Crippen LogP contribution is -2.35. The van der Waals surface area contributed by atoms with Crippen LogP contribution in [0.4, 0.5) is 0 Å². The van der Waals surface area contributed by atoms with E-state index in [1.165, 1.54) is 38.5 Å². The van der Waals surface area contributed by atoms with E-state index < -0.39 is 0 Å². The van der Waals surface area contributed by atoms with E-state index in [0.29, 0.717) is 0 Å². The molecule has 0 aromatic carbocycles. The molecule has 0 rings (SSSR count). The first-order valence-corrected chi connectivity index (χ1v) is 7.03. The quantitative estimate of drug-likeness (QED) is 0.510. The molecule has 0 spiro atoms. The molecule has 0 N–H and O–H groups in total. The van der Waals surface area contributed by atoms with Crippen molar-refractivity contribution in [3.63, 3.8) is 0 Å². The number of hydrogen-bond acceptors (Lipinski definition) is 1. The maximum Gasteiger partial charge on any atom is 0.0400 e. The van der Waals surface area contributed by atoms with Crippen molar-refractivity contribution in [1.29, 1.82) is 0 Å². The molecular weight excluding hydrogens is 194 g/mol. The molecule has 0 saturated carbocycles. The molecule has 16 heavy (non-hydrogen) atoms. The largest absolute Gasteiger partial charge is 0.281 e. The summed E-state index contributed by atoms with van der Waals surface area (Å²) in [5.74, 6) is 0. The molecule has 0 aromatic rings. The monoisotopic (exact) mass is 224 g/mol. The molecule has 3 radical (unpaired) electrons. The molecule has 0 saturated heterocycles. The van der Waals surface area contributed by atoms with Crippen LogP contribution in [-0.2, 0) is 0 Å². The standard InChI is InChI=1S/C15H30N/c1-7-13(8-2)16(14(9-3)10-4)15(11-5)12-6/h7-12H2,1-6H3. The van der Waals surface area contributed by atoms with E-state index in [2.05, 4.69) is 46.4 Å². The Morgan fingerprint density at radius 3 is 0.812 bits per heavy atom. The van der Waals surface area contributed by atoms with E-state index in [1.54, 1.807) is 18.1 Å². The summed E-state index contributed by atoms with van der Waals surface area (Å²) in [6.45, 7) is 13.7. The number of hydrogen-bond donors (Lipinski definition) is 0. The van der Waals surface area contributed by atoms with Crippen molar-refractivity contribution in [1.82, 2.24) is 4.90 Å². The zero-order chi connectivity index (χ0) is 12.6. The molecule has 0 heterocycles. The molecule has 95 valence electrons. The van der Waals surface area contributed by atoms with Gasteiger partial charge in [-0.2, -0.15) is 0 Å². The van der Waals surface area contributed by atoms with Gasteiger partial charge in [-0.3, -0.25) is 4.90 Å². The second kappa shape index (κ2) is 9.04. The summed E-state index contributed by atoms with van der Waals surface area (Å²) < 4.78 is 0. The summed E-state index contributed by atoms with van der Waals surface area (Å²) in [5.41, 5.74) is 0. The highest BCUT2D eigenvalue weighted by Gasteiger charge is 2.28. The highest BCUT2D eigenvalue weighted by Crippen LogP contribution is 2.36. The van der Waals surface area contributed by atoms with Crippen molar-refractivity contribution < 1.29 is 0 Å². The summed E-state index contributed by atoms with van der Waals surface area (Å²) in [6.07, 6.45) is 7.02. The van der Waals surface area contributed by atoms with Gasteiger partial charge in [0.1, 0.15) is 0 Å². The van der Waals surface area contributed by atoms with Crippen molar-refractivity contribution in [2.75, 3.05) is 0 Å². The van der Waals surface area contributed by atoms with Gasteiger partial charge in [0.05, 0.1) is 0 Å². The molecule has 0 aliphatic carbocycles. The first kappa shape index (κ1) is 16.0. The van der Waals surface area contributed by atoms with Gasteiger partial charge in [-0.05, 0) is 38.5 Å². The highest BCUT2D eigenvalue weighted by atomic mass is 15.2. The predicted octanol–water partition coefficient (Wildman–Crippen LogP) is 5.34. The van der Waals surface area contributed by atoms with E-state index in [0.717, 1.165) is 0 Å². The smallest absolute Gasteiger partial charge is 0.0400 e. The van der Waals surface area contributed by atoms with Gasteiger partial charge in [-0.15, -0.1) is 0 Å². The van der Waals surface area contributed by atoms with Crippen LogP contribution in [-0.4, -0.2) is 4.90 Å². The molecule has 0 atom stereocenters. The molecule has 0 aliphatic rings. The first-order valence-electron chi connectivity index (χ1n) is 7.03. The van der Waals surface area contributed by atoms with Gasteiger partial charge in [0.25, 0.3) is 0 Å². The van der Waals surface area contributed by atoms with E-state index >= 15 is 0 Å². The molecule has 0 amide bonds. The lowest BCUT2D eigenvalue weighted by molar-refractivity contribution is 0.251. The summed E-state index contributed by atoms with van der Waals surface area (Å²) in [4.78, 5) is 2.58. The van der Waals surface area contributed by atoms with Crippen LogP contribution in [0.2, 0.25) is 0 Å². The fourth-order valence-electron chi connectivity index (χ4n) is 2.37. The van der Waals surface area contributed by atoms with Gasteiger partial charge >= 0.3 is 0 Å². The Bertz CT molecular complexity index is 115. The molecule has 0 unspecified atom stereocenters. The van der Waals surface area contributed by atoms with Crippen LogP contribution >= 0.6 is 0 Å². The molecule has 0 bridgehead atoms. The maximum absolute atomic E-state index is 2.58. The third-order valence-electron chi connectivity index (χ3n) is 3.40. The Morgan fingerprint density at radius 2 is 0.688 bits per heavy atom. The third kappa shape index (κ3) is 4.08. The van der Waals surface area contributed by atoms with Crippen LogP contribution in [0.25, 0.3) is 0 Å². The van der Waals surface area contributed by atoms with Crippen molar-refractivity contribution in [3.8, 4) is 0 Å². The predicted molar refractivity (Wildman–Crippen MR) is 73.3 cm³/mol. The van der Waals surface area contributed by atoms with E-state index in [4.69, 9.17) is 0 Å². The molecule has 1 nitrogen and oxygen atoms in total. The average molecular weight is 224 g/mol. The van der Waals surface area contributed by atoms with E-state index in [9.17, 15) is 0 Å². The van der Waals surface area contributed by atoms with Crippen molar-refractivity contribution in [2.24, 2.45) is 0 Å². The van der Waals surface area contributed by atoms with E-state index in [-0.39, 0.29) is 0 Å². The molecular formula is C15H30N. The average Bonchev–Trinajstić information content (AvgIpc) is 2.33. The Kier molecular flexibility index (Phi) is 9.02. The second-order valence-electron chi connectivity index (χ2n) is 4.16. The van der Waals surface area contributed by atoms with Gasteiger partial charge < -0.3 is 0 Å². The summed E-state index contributed by atoms with van der Waals surface area (Å²) in [6, 6.07) is 4.74. The Morgan fingerprint density at radius 1 is 0.500 bits per heavy atom. The fraction of sp³-hybridized carbons (Fsp3) is 0.800. The minimum absolute atomic E-state index is 1.17. The maximum atomic E-state index is 2.58. The Balaban J connectivity index is 4.84. The Hall–Kier alpha value is -0.0400. The van der Waals surface area contributed by atoms with Crippen molar-refractivity contribution in [2.45, 2.75) is 80.1 Å². The third-order valence-corrected chi connectivity index (χ3v) is 3.40. The Labute approximate surface area is 104 Å². The summed E-state index contributed by atoms with van der Waals surface area (Å²) in [7, 11) is 0. The SMILES string of the molecule is CC[C](CC)N([C](CC)CC)[C](CC)CC. The van der Waals surface area contributed by atoms with Gasteiger partial charge in [0, 0.05) is 18.1 Å². The number of nitrogens with zero attached hydrogens (tertiary/aromatic N) is 1. The van der Waals surface area contributed by atoms with Crippen LogP contribution < -0.4 is 0 Å². The van der Waals surface area contributed by atoms with Crippen LogP contribution in [0.5, 0.6) is 0 Å². The van der Waals surface area contributed by atoms with Gasteiger partial charge in [0.2, 0.25) is 0 Å². The van der Waals surface area contributed by atoms with Crippen molar-refractivity contribution >= 4 is 0 Å². The second-order valence-corrected chi connectivity index (χ2v) is 4.16. The van der Waals surface area contributed by atoms with Crippen LogP contribution in [0.1, 0.15) is 80.1 Å². The van der Waals surface area contributed by atoms with E-state index in [1.807, 2.05) is 0 Å².